The fraction of sp³-hybridized carbons (Fsp3) is 0.0435. The molecule has 4 aromatic rings. The first-order valence-corrected chi connectivity index (χ1v) is 11.3. The molecule has 166 valence electrons. The molecule has 0 radical (unpaired) electrons. The Hall–Kier alpha value is -4.31. The van der Waals surface area contributed by atoms with Gasteiger partial charge in [-0.1, -0.05) is 48.0 Å². The summed E-state index contributed by atoms with van der Waals surface area (Å²) in [5.74, 6) is 0. The van der Waals surface area contributed by atoms with Crippen LogP contribution in [0.15, 0.2) is 94.4 Å². The van der Waals surface area contributed by atoms with Gasteiger partial charge in [-0.3, -0.25) is 10.1 Å². The van der Waals surface area contributed by atoms with Gasteiger partial charge >= 0.3 is 0 Å². The second kappa shape index (κ2) is 9.05. The summed E-state index contributed by atoms with van der Waals surface area (Å²) in [5, 5.41) is 18.2. The summed E-state index contributed by atoms with van der Waals surface area (Å²) in [6.07, 6.45) is 2.47. The van der Waals surface area contributed by atoms with E-state index in [1.165, 1.54) is 35.1 Å². The van der Waals surface area contributed by atoms with E-state index >= 15 is 0 Å². The summed E-state index contributed by atoms with van der Waals surface area (Å²) in [4.78, 5) is 10.3. The van der Waals surface area contributed by atoms with Gasteiger partial charge in [-0.2, -0.15) is 13.5 Å². The Labute approximate surface area is 190 Å². The van der Waals surface area contributed by atoms with Gasteiger partial charge in [0, 0.05) is 23.4 Å². The Morgan fingerprint density at radius 2 is 1.67 bits per heavy atom. The van der Waals surface area contributed by atoms with Gasteiger partial charge in [0.15, 0.2) is 0 Å². The van der Waals surface area contributed by atoms with Crippen LogP contribution in [0.2, 0.25) is 0 Å². The van der Waals surface area contributed by atoms with E-state index in [1.807, 2.05) is 37.3 Å². The lowest BCUT2D eigenvalue weighted by atomic mass is 10.1. The third-order valence-electron chi connectivity index (χ3n) is 4.81. The minimum absolute atomic E-state index is 0.0749. The first kappa shape index (κ1) is 21.9. The minimum Gasteiger partial charge on any atom is -0.346 e. The monoisotopic (exact) mass is 461 g/mol. The highest BCUT2D eigenvalue weighted by Crippen LogP contribution is 2.29. The molecule has 1 heterocycles. The molecule has 3 aromatic carbocycles. The molecule has 9 nitrogen and oxygen atoms in total. The Bertz CT molecular complexity index is 1410. The Morgan fingerprint density at radius 3 is 2.30 bits per heavy atom. The van der Waals surface area contributed by atoms with Crippen molar-refractivity contribution >= 4 is 27.7 Å². The second-order valence-corrected chi connectivity index (χ2v) is 8.75. The number of non-ortho nitro benzene ring substituents is 1. The van der Waals surface area contributed by atoms with Gasteiger partial charge in [-0.15, -0.1) is 4.40 Å². The van der Waals surface area contributed by atoms with E-state index < -0.39 is 14.9 Å². The van der Waals surface area contributed by atoms with Crippen molar-refractivity contribution in [2.75, 3.05) is 5.32 Å². The van der Waals surface area contributed by atoms with E-state index in [9.17, 15) is 18.5 Å². The smallest absolute Gasteiger partial charge is 0.287 e. The first-order valence-electron chi connectivity index (χ1n) is 9.85. The highest BCUT2D eigenvalue weighted by atomic mass is 32.2. The maximum atomic E-state index is 13.1. The summed E-state index contributed by atoms with van der Waals surface area (Å²) in [5.41, 5.74) is 2.94. The van der Waals surface area contributed by atoms with E-state index in [0.717, 1.165) is 11.9 Å². The molecule has 0 saturated carbocycles. The van der Waals surface area contributed by atoms with Crippen molar-refractivity contribution in [2.45, 2.75) is 11.8 Å². The van der Waals surface area contributed by atoms with Gasteiger partial charge in [-0.25, -0.2) is 4.68 Å². The molecular formula is C23H19N5O4S. The average Bonchev–Trinajstić information content (AvgIpc) is 3.27. The van der Waals surface area contributed by atoms with Crippen LogP contribution in [0.1, 0.15) is 5.56 Å². The maximum absolute atomic E-state index is 13.1. The van der Waals surface area contributed by atoms with Crippen LogP contribution >= 0.6 is 0 Å². The van der Waals surface area contributed by atoms with Gasteiger partial charge in [0.05, 0.1) is 16.8 Å². The number of aromatic nitrogens is 2. The van der Waals surface area contributed by atoms with Crippen molar-refractivity contribution in [3.63, 3.8) is 0 Å². The number of anilines is 1. The van der Waals surface area contributed by atoms with Crippen LogP contribution in [-0.4, -0.2) is 29.5 Å². The zero-order valence-electron chi connectivity index (χ0n) is 17.5. The summed E-state index contributed by atoms with van der Waals surface area (Å²) in [6.45, 7) is 1.93. The number of nitrogens with zero attached hydrogens (tertiary/aromatic N) is 4. The number of nitro benzene ring substituents is 1. The predicted molar refractivity (Wildman–Crippen MR) is 126 cm³/mol. The molecule has 0 amide bonds. The molecule has 0 atom stereocenters. The molecule has 0 aliphatic carbocycles. The van der Waals surface area contributed by atoms with Crippen molar-refractivity contribution in [3.8, 4) is 16.9 Å². The molecule has 0 spiro atoms. The molecule has 4 rings (SSSR count). The largest absolute Gasteiger partial charge is 0.346 e. The first-order chi connectivity index (χ1) is 15.8. The van der Waals surface area contributed by atoms with Gasteiger partial charge in [0.2, 0.25) is 0 Å². The van der Waals surface area contributed by atoms with Gasteiger partial charge in [-0.05, 0) is 31.2 Å². The number of nitrogens with one attached hydrogen (secondary N) is 1. The molecule has 0 saturated heterocycles. The molecular weight excluding hydrogens is 442 g/mol. The van der Waals surface area contributed by atoms with Crippen LogP contribution in [0, 0.1) is 17.0 Å². The number of hydrogen-bond acceptors (Lipinski definition) is 5. The third kappa shape index (κ3) is 4.96. The van der Waals surface area contributed by atoms with E-state index in [2.05, 4.69) is 14.8 Å². The van der Waals surface area contributed by atoms with E-state index in [4.69, 9.17) is 0 Å². The topological polar surface area (TPSA) is 119 Å². The second-order valence-electron chi connectivity index (χ2n) is 7.15. The van der Waals surface area contributed by atoms with Crippen LogP contribution in [0.3, 0.4) is 0 Å². The number of hydrogen-bond donors (Lipinski definition) is 1. The molecule has 33 heavy (non-hydrogen) atoms. The lowest BCUT2D eigenvalue weighted by Gasteiger charge is -2.02. The van der Waals surface area contributed by atoms with Gasteiger partial charge in [0.25, 0.3) is 15.7 Å². The molecule has 0 aliphatic rings. The van der Waals surface area contributed by atoms with Crippen LogP contribution in [0.4, 0.5) is 11.4 Å². The zero-order chi connectivity index (χ0) is 23.4. The van der Waals surface area contributed by atoms with Crippen molar-refractivity contribution in [2.24, 2.45) is 4.40 Å². The fourth-order valence-electron chi connectivity index (χ4n) is 3.08. The third-order valence-corrected chi connectivity index (χ3v) is 6.04. The number of sulfonamides is 1. The van der Waals surface area contributed by atoms with Crippen molar-refractivity contribution < 1.29 is 13.3 Å². The van der Waals surface area contributed by atoms with Gasteiger partial charge < -0.3 is 5.32 Å². The van der Waals surface area contributed by atoms with Crippen LogP contribution in [-0.2, 0) is 10.0 Å². The lowest BCUT2D eigenvalue weighted by Crippen LogP contribution is -2.02. The molecule has 0 fully saturated rings. The minimum atomic E-state index is -4.11. The van der Waals surface area contributed by atoms with Gasteiger partial charge in [0.1, 0.15) is 16.9 Å². The Kier molecular flexibility index (Phi) is 6.01. The molecule has 10 heteroatoms. The zero-order valence-corrected chi connectivity index (χ0v) is 18.3. The normalized spacial score (nSPS) is 11.5. The standard InChI is InChI=1S/C23H19N5O4S/c1-17-7-9-18(10-8-17)23-22(33(31,32)25-16-24-19-5-3-2-4-6-19)15-27(26-23)20-11-13-21(14-12-20)28(29)30/h2-16H,1H3,(H,24,25). The molecule has 1 N–H and O–H groups in total. The predicted octanol–water partition coefficient (Wildman–Crippen LogP) is 4.59. The summed E-state index contributed by atoms with van der Waals surface area (Å²) in [7, 11) is -4.11. The quantitative estimate of drug-likeness (QED) is 0.186. The molecule has 0 aliphatic heterocycles. The van der Waals surface area contributed by atoms with Crippen molar-refractivity contribution in [1.82, 2.24) is 9.78 Å². The van der Waals surface area contributed by atoms with Crippen LogP contribution in [0.25, 0.3) is 16.9 Å². The van der Waals surface area contributed by atoms with Crippen molar-refractivity contribution in [3.05, 3.63) is 101 Å². The van der Waals surface area contributed by atoms with E-state index in [0.29, 0.717) is 16.9 Å². The van der Waals surface area contributed by atoms with E-state index in [-0.39, 0.29) is 16.3 Å². The van der Waals surface area contributed by atoms with Crippen LogP contribution < -0.4 is 5.32 Å². The highest BCUT2D eigenvalue weighted by molar-refractivity contribution is 7.90. The average molecular weight is 462 g/mol. The number of nitro groups is 1. The highest BCUT2D eigenvalue weighted by Gasteiger charge is 2.23. The fourth-order valence-corrected chi connectivity index (χ4v) is 4.02. The van der Waals surface area contributed by atoms with Crippen LogP contribution in [0.5, 0.6) is 0 Å². The van der Waals surface area contributed by atoms with Crippen molar-refractivity contribution in [1.29, 1.82) is 0 Å². The molecule has 1 aromatic heterocycles. The Morgan fingerprint density at radius 1 is 1.00 bits per heavy atom. The summed E-state index contributed by atoms with van der Waals surface area (Å²) >= 11 is 0. The molecule has 0 bridgehead atoms. The summed E-state index contributed by atoms with van der Waals surface area (Å²) in [6, 6.07) is 22.0. The number of aryl methyl sites for hydroxylation is 1. The van der Waals surface area contributed by atoms with E-state index in [1.54, 1.807) is 24.3 Å². The summed E-state index contributed by atoms with van der Waals surface area (Å²) < 4.78 is 31.3. The number of rotatable bonds is 7. The SMILES string of the molecule is Cc1ccc(-c2nn(-c3ccc([N+](=O)[O-])cc3)cc2S(=O)(=O)N=CNc2ccccc2)cc1. The molecule has 0 unspecified atom stereocenters. The number of para-hydroxylation sites is 1. The Balaban J connectivity index is 1.74. The lowest BCUT2D eigenvalue weighted by molar-refractivity contribution is -0.384. The maximum Gasteiger partial charge on any atom is 0.287 e. The number of benzene rings is 3.